The lowest BCUT2D eigenvalue weighted by atomic mass is 10.1. The number of nitrogens with zero attached hydrogens (tertiary/aromatic N) is 7. The fourth-order valence-electron chi connectivity index (χ4n) is 3.36. The van der Waals surface area contributed by atoms with E-state index in [2.05, 4.69) is 66.9 Å². The van der Waals surface area contributed by atoms with E-state index in [9.17, 15) is 0 Å². The van der Waals surface area contributed by atoms with Gasteiger partial charge in [0.05, 0.1) is 10.9 Å². The Balaban J connectivity index is 1.51. The third kappa shape index (κ3) is 4.27. The van der Waals surface area contributed by atoms with E-state index in [-0.39, 0.29) is 5.25 Å². The molecular weight excluding hydrogens is 434 g/mol. The third-order valence-corrected chi connectivity index (χ3v) is 6.36. The predicted molar refractivity (Wildman–Crippen MR) is 126 cm³/mol. The van der Waals surface area contributed by atoms with Crippen molar-refractivity contribution in [1.29, 1.82) is 0 Å². The zero-order valence-corrected chi connectivity index (χ0v) is 19.2. The molecule has 4 aromatic heterocycles. The normalized spacial score (nSPS) is 12.1. The average Bonchev–Trinajstić information content (AvgIpc) is 3.50. The van der Waals surface area contributed by atoms with Crippen LogP contribution in [0.25, 0.3) is 28.5 Å². The average molecular weight is 456 g/mol. The zero-order valence-electron chi connectivity index (χ0n) is 18.4. The van der Waals surface area contributed by atoms with Crippen LogP contribution in [0.15, 0.2) is 76.9 Å². The molecule has 1 atom stereocenters. The lowest BCUT2D eigenvalue weighted by Crippen LogP contribution is -2.02. The highest BCUT2D eigenvalue weighted by Gasteiger charge is 2.23. The minimum atomic E-state index is -0.132. The Kier molecular flexibility index (Phi) is 5.70. The van der Waals surface area contributed by atoms with Gasteiger partial charge in [-0.1, -0.05) is 23.0 Å². The monoisotopic (exact) mass is 455 g/mol. The number of rotatable bonds is 6. The van der Waals surface area contributed by atoms with Gasteiger partial charge in [-0.05, 0) is 68.3 Å². The van der Waals surface area contributed by atoms with Crippen molar-refractivity contribution in [2.24, 2.45) is 0 Å². The molecule has 0 fully saturated rings. The molecule has 33 heavy (non-hydrogen) atoms. The maximum atomic E-state index is 5.56. The highest BCUT2D eigenvalue weighted by Crippen LogP contribution is 2.37. The Hall–Kier alpha value is -3.85. The number of aromatic nitrogens is 7. The summed E-state index contributed by atoms with van der Waals surface area (Å²) in [5.41, 5.74) is 5.22. The van der Waals surface area contributed by atoms with Crippen molar-refractivity contribution >= 4 is 11.8 Å². The van der Waals surface area contributed by atoms with E-state index < -0.39 is 0 Å². The Bertz CT molecular complexity index is 1380. The summed E-state index contributed by atoms with van der Waals surface area (Å²) >= 11 is 1.52. The molecule has 8 nitrogen and oxygen atoms in total. The molecule has 0 N–H and O–H groups in total. The minimum absolute atomic E-state index is 0.132. The molecule has 4 heterocycles. The van der Waals surface area contributed by atoms with E-state index in [0.29, 0.717) is 11.7 Å². The van der Waals surface area contributed by atoms with Crippen molar-refractivity contribution < 1.29 is 4.52 Å². The summed E-state index contributed by atoms with van der Waals surface area (Å²) in [5, 5.41) is 13.7. The van der Waals surface area contributed by atoms with Gasteiger partial charge in [0.2, 0.25) is 11.7 Å². The number of aryl methyl sites for hydroxylation is 2. The van der Waals surface area contributed by atoms with Crippen LogP contribution in [0.1, 0.15) is 29.2 Å². The minimum Gasteiger partial charge on any atom is -0.338 e. The van der Waals surface area contributed by atoms with Crippen LogP contribution >= 0.6 is 11.8 Å². The molecule has 0 aliphatic carbocycles. The Morgan fingerprint density at radius 1 is 0.848 bits per heavy atom. The molecule has 1 unspecified atom stereocenters. The molecule has 5 aromatic rings. The van der Waals surface area contributed by atoms with Gasteiger partial charge in [0.1, 0.15) is 0 Å². The highest BCUT2D eigenvalue weighted by atomic mass is 32.2. The first-order chi connectivity index (χ1) is 16.1. The maximum Gasteiger partial charge on any atom is 0.240 e. The second-order valence-electron chi connectivity index (χ2n) is 7.60. The van der Waals surface area contributed by atoms with Crippen molar-refractivity contribution in [3.8, 4) is 28.5 Å². The molecule has 0 spiro atoms. The first kappa shape index (κ1) is 21.0. The Morgan fingerprint density at radius 3 is 2.24 bits per heavy atom. The van der Waals surface area contributed by atoms with Crippen molar-refractivity contribution in [2.45, 2.75) is 31.2 Å². The zero-order chi connectivity index (χ0) is 22.8. The van der Waals surface area contributed by atoms with Gasteiger partial charge in [0.15, 0.2) is 11.0 Å². The molecule has 164 valence electrons. The SMILES string of the molecule is Cc1ccc(-n2c(SC(C)c3nc(-c4ccncc4)no3)nnc2-c2ccncc2)cc1C. The van der Waals surface area contributed by atoms with Gasteiger partial charge in [-0.25, -0.2) is 0 Å². The van der Waals surface area contributed by atoms with Crippen molar-refractivity contribution in [2.75, 3.05) is 0 Å². The first-order valence-electron chi connectivity index (χ1n) is 10.4. The lowest BCUT2D eigenvalue weighted by Gasteiger charge is -2.13. The van der Waals surface area contributed by atoms with Crippen molar-refractivity contribution in [3.05, 3.63) is 84.3 Å². The first-order valence-corrected chi connectivity index (χ1v) is 11.3. The summed E-state index contributed by atoms with van der Waals surface area (Å²) in [6, 6.07) is 13.9. The van der Waals surface area contributed by atoms with Gasteiger partial charge in [-0.3, -0.25) is 14.5 Å². The van der Waals surface area contributed by atoms with Crippen LogP contribution < -0.4 is 0 Å². The number of hydrogen-bond acceptors (Lipinski definition) is 8. The molecule has 9 heteroatoms. The summed E-state index contributed by atoms with van der Waals surface area (Å²) in [5.74, 6) is 1.80. The molecule has 0 bridgehead atoms. The molecular formula is C24H21N7OS. The molecule has 5 rings (SSSR count). The van der Waals surface area contributed by atoms with Crippen LogP contribution in [0.4, 0.5) is 0 Å². The van der Waals surface area contributed by atoms with Crippen molar-refractivity contribution in [3.63, 3.8) is 0 Å². The van der Waals surface area contributed by atoms with Gasteiger partial charge in [-0.15, -0.1) is 10.2 Å². The maximum absolute atomic E-state index is 5.56. The molecule has 0 radical (unpaired) electrons. The molecule has 0 aliphatic rings. The van der Waals surface area contributed by atoms with E-state index >= 15 is 0 Å². The third-order valence-electron chi connectivity index (χ3n) is 5.33. The summed E-state index contributed by atoms with van der Waals surface area (Å²) in [6.45, 7) is 6.21. The fourth-order valence-corrected chi connectivity index (χ4v) is 4.26. The highest BCUT2D eigenvalue weighted by molar-refractivity contribution is 7.99. The molecule has 0 saturated heterocycles. The van der Waals surface area contributed by atoms with Crippen molar-refractivity contribution in [1.82, 2.24) is 34.9 Å². The molecule has 0 aliphatic heterocycles. The largest absolute Gasteiger partial charge is 0.338 e. The smallest absolute Gasteiger partial charge is 0.240 e. The summed E-state index contributed by atoms with van der Waals surface area (Å²) in [6.07, 6.45) is 6.92. The lowest BCUT2D eigenvalue weighted by molar-refractivity contribution is 0.380. The standard InChI is InChI=1S/C24H21N7OS/c1-15-4-5-20(14-16(15)2)31-22(19-8-12-26-13-9-19)28-29-24(31)33-17(3)23-27-21(30-32-23)18-6-10-25-11-7-18/h4-14,17H,1-3H3. The summed E-state index contributed by atoms with van der Waals surface area (Å²) < 4.78 is 7.62. The molecule has 1 aromatic carbocycles. The number of thioether (sulfide) groups is 1. The second-order valence-corrected chi connectivity index (χ2v) is 8.91. The van der Waals surface area contributed by atoms with Crippen LogP contribution in [0.2, 0.25) is 0 Å². The second kappa shape index (κ2) is 8.95. The number of benzene rings is 1. The van der Waals surface area contributed by atoms with E-state index in [1.807, 2.05) is 31.2 Å². The summed E-state index contributed by atoms with van der Waals surface area (Å²) in [7, 11) is 0. The predicted octanol–water partition coefficient (Wildman–Crippen LogP) is 5.24. The Labute approximate surface area is 195 Å². The van der Waals surface area contributed by atoms with Gasteiger partial charge < -0.3 is 4.52 Å². The van der Waals surface area contributed by atoms with Crippen LogP contribution in [-0.4, -0.2) is 34.9 Å². The summed E-state index contributed by atoms with van der Waals surface area (Å²) in [4.78, 5) is 12.7. The van der Waals surface area contributed by atoms with E-state index in [4.69, 9.17) is 4.52 Å². The van der Waals surface area contributed by atoms with Gasteiger partial charge >= 0.3 is 0 Å². The van der Waals surface area contributed by atoms with E-state index in [1.54, 1.807) is 24.8 Å². The van der Waals surface area contributed by atoms with Crippen LogP contribution in [0, 0.1) is 13.8 Å². The fraction of sp³-hybridized carbons (Fsp3) is 0.167. The van der Waals surface area contributed by atoms with Crippen LogP contribution in [0.5, 0.6) is 0 Å². The van der Waals surface area contributed by atoms with E-state index in [0.717, 1.165) is 27.8 Å². The number of pyridine rings is 2. The van der Waals surface area contributed by atoms with Crippen LogP contribution in [-0.2, 0) is 0 Å². The number of hydrogen-bond donors (Lipinski definition) is 0. The van der Waals surface area contributed by atoms with Crippen LogP contribution in [0.3, 0.4) is 0 Å². The topological polar surface area (TPSA) is 95.4 Å². The van der Waals surface area contributed by atoms with Gasteiger partial charge in [0, 0.05) is 35.9 Å². The Morgan fingerprint density at radius 2 is 1.55 bits per heavy atom. The molecule has 0 saturated carbocycles. The van der Waals surface area contributed by atoms with Gasteiger partial charge in [-0.2, -0.15) is 4.98 Å². The van der Waals surface area contributed by atoms with Gasteiger partial charge in [0.25, 0.3) is 0 Å². The molecule has 0 amide bonds. The quantitative estimate of drug-likeness (QED) is 0.321. The van der Waals surface area contributed by atoms with E-state index in [1.165, 1.54) is 22.9 Å².